The van der Waals surface area contributed by atoms with Crippen LogP contribution in [0.5, 0.6) is 0 Å². The molecule has 1 N–H and O–H groups in total. The molecule has 1 aromatic rings. The molecule has 0 aromatic heterocycles. The van der Waals surface area contributed by atoms with E-state index in [1.165, 1.54) is 6.07 Å². The second-order valence-electron chi connectivity index (χ2n) is 5.03. The molecule has 2 atom stereocenters. The van der Waals surface area contributed by atoms with Gasteiger partial charge in [0.05, 0.1) is 10.1 Å². The van der Waals surface area contributed by atoms with Crippen molar-refractivity contribution < 1.29 is 9.50 Å². The van der Waals surface area contributed by atoms with Crippen LogP contribution in [0, 0.1) is 11.7 Å². The van der Waals surface area contributed by atoms with E-state index >= 15 is 0 Å². The standard InChI is InChI=1S/C14H18BrFO/c1-2-11-4-3-7-14(11,17)9-10-5-6-13(16)12(15)8-10/h5-6,8,11,17H,2-4,7,9H2,1H3. The fourth-order valence-electron chi connectivity index (χ4n) is 2.95. The first-order valence-electron chi connectivity index (χ1n) is 6.21. The fourth-order valence-corrected chi connectivity index (χ4v) is 3.37. The van der Waals surface area contributed by atoms with Gasteiger partial charge in [-0.15, -0.1) is 0 Å². The first kappa shape index (κ1) is 13.0. The lowest BCUT2D eigenvalue weighted by Gasteiger charge is -2.29. The van der Waals surface area contributed by atoms with Crippen LogP contribution in [0.25, 0.3) is 0 Å². The molecule has 94 valence electrons. The van der Waals surface area contributed by atoms with Crippen molar-refractivity contribution in [3.63, 3.8) is 0 Å². The Morgan fingerprint density at radius 3 is 2.94 bits per heavy atom. The molecule has 1 nitrogen and oxygen atoms in total. The van der Waals surface area contributed by atoms with E-state index in [2.05, 4.69) is 22.9 Å². The molecular formula is C14H18BrFO. The normalized spacial score (nSPS) is 28.6. The van der Waals surface area contributed by atoms with E-state index in [9.17, 15) is 9.50 Å². The van der Waals surface area contributed by atoms with Crippen LogP contribution in [-0.4, -0.2) is 10.7 Å². The third-order valence-corrected chi connectivity index (χ3v) is 4.52. The van der Waals surface area contributed by atoms with Crippen molar-refractivity contribution in [1.29, 1.82) is 0 Å². The Balaban J connectivity index is 2.16. The van der Waals surface area contributed by atoms with E-state index in [-0.39, 0.29) is 5.82 Å². The molecule has 2 unspecified atom stereocenters. The summed E-state index contributed by atoms with van der Waals surface area (Å²) < 4.78 is 13.6. The molecule has 1 aliphatic rings. The van der Waals surface area contributed by atoms with Crippen LogP contribution >= 0.6 is 15.9 Å². The Hall–Kier alpha value is -0.410. The minimum absolute atomic E-state index is 0.251. The van der Waals surface area contributed by atoms with Gasteiger partial charge in [0.2, 0.25) is 0 Å². The van der Waals surface area contributed by atoms with Gasteiger partial charge >= 0.3 is 0 Å². The van der Waals surface area contributed by atoms with Crippen LogP contribution in [0.2, 0.25) is 0 Å². The largest absolute Gasteiger partial charge is 0.389 e. The summed E-state index contributed by atoms with van der Waals surface area (Å²) in [6, 6.07) is 5.00. The van der Waals surface area contributed by atoms with Crippen LogP contribution in [0.15, 0.2) is 22.7 Å². The van der Waals surface area contributed by atoms with E-state index in [0.29, 0.717) is 16.8 Å². The zero-order valence-electron chi connectivity index (χ0n) is 10.0. The predicted molar refractivity (Wildman–Crippen MR) is 70.4 cm³/mol. The second kappa shape index (κ2) is 5.07. The average molecular weight is 301 g/mol. The summed E-state index contributed by atoms with van der Waals surface area (Å²) in [4.78, 5) is 0. The summed E-state index contributed by atoms with van der Waals surface area (Å²) in [6.07, 6.45) is 4.70. The summed E-state index contributed by atoms with van der Waals surface area (Å²) in [6.45, 7) is 2.13. The Kier molecular flexibility index (Phi) is 3.88. The van der Waals surface area contributed by atoms with Gasteiger partial charge in [0, 0.05) is 6.42 Å². The van der Waals surface area contributed by atoms with Gasteiger partial charge in [-0.2, -0.15) is 0 Å². The maximum atomic E-state index is 13.1. The first-order valence-corrected chi connectivity index (χ1v) is 7.01. The Morgan fingerprint density at radius 2 is 2.29 bits per heavy atom. The molecule has 0 bridgehead atoms. The molecule has 0 aliphatic heterocycles. The van der Waals surface area contributed by atoms with Gasteiger partial charge in [0.1, 0.15) is 5.82 Å². The van der Waals surface area contributed by atoms with Crippen LogP contribution in [-0.2, 0) is 6.42 Å². The van der Waals surface area contributed by atoms with Crippen molar-refractivity contribution in [3.05, 3.63) is 34.1 Å². The third-order valence-electron chi connectivity index (χ3n) is 3.91. The molecule has 0 spiro atoms. The molecule has 0 heterocycles. The van der Waals surface area contributed by atoms with Gasteiger partial charge in [-0.3, -0.25) is 0 Å². The van der Waals surface area contributed by atoms with Gasteiger partial charge < -0.3 is 5.11 Å². The van der Waals surface area contributed by atoms with Crippen LogP contribution in [0.3, 0.4) is 0 Å². The summed E-state index contributed by atoms with van der Waals surface area (Å²) in [7, 11) is 0. The first-order chi connectivity index (χ1) is 8.05. The van der Waals surface area contributed by atoms with Gasteiger partial charge in [0.25, 0.3) is 0 Å². The molecule has 1 aliphatic carbocycles. The average Bonchev–Trinajstić information content (AvgIpc) is 2.65. The lowest BCUT2D eigenvalue weighted by Crippen LogP contribution is -2.35. The maximum Gasteiger partial charge on any atom is 0.137 e. The quantitative estimate of drug-likeness (QED) is 0.892. The topological polar surface area (TPSA) is 20.2 Å². The Labute approximate surface area is 110 Å². The van der Waals surface area contributed by atoms with E-state index in [4.69, 9.17) is 0 Å². The van der Waals surface area contributed by atoms with Gasteiger partial charge in [-0.05, 0) is 52.4 Å². The number of rotatable bonds is 3. The fraction of sp³-hybridized carbons (Fsp3) is 0.571. The van der Waals surface area contributed by atoms with Gasteiger partial charge in [-0.1, -0.05) is 25.8 Å². The van der Waals surface area contributed by atoms with E-state index in [1.807, 2.05) is 0 Å². The highest BCUT2D eigenvalue weighted by Gasteiger charge is 2.39. The number of aliphatic hydroxyl groups is 1. The van der Waals surface area contributed by atoms with E-state index in [0.717, 1.165) is 31.2 Å². The highest BCUT2D eigenvalue weighted by atomic mass is 79.9. The van der Waals surface area contributed by atoms with Crippen molar-refractivity contribution in [3.8, 4) is 0 Å². The summed E-state index contributed by atoms with van der Waals surface area (Å²) in [5.74, 6) is 0.130. The summed E-state index contributed by atoms with van der Waals surface area (Å²) in [5, 5.41) is 10.7. The zero-order valence-corrected chi connectivity index (χ0v) is 11.6. The second-order valence-corrected chi connectivity index (χ2v) is 5.88. The molecule has 0 amide bonds. The lowest BCUT2D eigenvalue weighted by atomic mass is 9.83. The molecule has 0 radical (unpaired) electrons. The van der Waals surface area contributed by atoms with Crippen molar-refractivity contribution in [2.75, 3.05) is 0 Å². The van der Waals surface area contributed by atoms with Crippen molar-refractivity contribution in [2.24, 2.45) is 5.92 Å². The maximum absolute atomic E-state index is 13.1. The van der Waals surface area contributed by atoms with Gasteiger partial charge in [-0.25, -0.2) is 4.39 Å². The summed E-state index contributed by atoms with van der Waals surface area (Å²) >= 11 is 3.19. The number of hydrogen-bond donors (Lipinski definition) is 1. The Bertz CT molecular complexity index is 407. The minimum atomic E-state index is -0.591. The molecule has 17 heavy (non-hydrogen) atoms. The van der Waals surface area contributed by atoms with Crippen LogP contribution in [0.1, 0.15) is 38.2 Å². The lowest BCUT2D eigenvalue weighted by molar-refractivity contribution is 0.00144. The van der Waals surface area contributed by atoms with E-state index < -0.39 is 5.60 Å². The highest BCUT2D eigenvalue weighted by molar-refractivity contribution is 9.10. The van der Waals surface area contributed by atoms with Crippen LogP contribution < -0.4 is 0 Å². The van der Waals surface area contributed by atoms with Crippen molar-refractivity contribution in [1.82, 2.24) is 0 Å². The minimum Gasteiger partial charge on any atom is -0.389 e. The molecule has 0 saturated heterocycles. The molecule has 2 rings (SSSR count). The molecular weight excluding hydrogens is 283 g/mol. The number of benzene rings is 1. The molecule has 1 fully saturated rings. The van der Waals surface area contributed by atoms with Gasteiger partial charge in [0.15, 0.2) is 0 Å². The van der Waals surface area contributed by atoms with Crippen molar-refractivity contribution in [2.45, 2.75) is 44.6 Å². The third kappa shape index (κ3) is 2.71. The van der Waals surface area contributed by atoms with E-state index in [1.54, 1.807) is 12.1 Å². The molecule has 1 aromatic carbocycles. The number of halogens is 2. The predicted octanol–water partition coefficient (Wildman–Crippen LogP) is 4.07. The number of hydrogen-bond acceptors (Lipinski definition) is 1. The monoisotopic (exact) mass is 300 g/mol. The van der Waals surface area contributed by atoms with Crippen molar-refractivity contribution >= 4 is 15.9 Å². The highest BCUT2D eigenvalue weighted by Crippen LogP contribution is 2.40. The molecule has 1 saturated carbocycles. The zero-order chi connectivity index (χ0) is 12.5. The SMILES string of the molecule is CCC1CCCC1(O)Cc1ccc(F)c(Br)c1. The summed E-state index contributed by atoms with van der Waals surface area (Å²) in [5.41, 5.74) is 0.410. The van der Waals surface area contributed by atoms with Crippen LogP contribution in [0.4, 0.5) is 4.39 Å². The molecule has 3 heteroatoms. The smallest absolute Gasteiger partial charge is 0.137 e. The Morgan fingerprint density at radius 1 is 1.53 bits per heavy atom.